The van der Waals surface area contributed by atoms with Crippen molar-refractivity contribution < 1.29 is 4.79 Å². The molecule has 1 aromatic carbocycles. The summed E-state index contributed by atoms with van der Waals surface area (Å²) >= 11 is 0. The third-order valence-corrected chi connectivity index (χ3v) is 3.56. The van der Waals surface area contributed by atoms with Crippen LogP contribution >= 0.6 is 0 Å². The number of hydrogen-bond donors (Lipinski definition) is 1. The van der Waals surface area contributed by atoms with Crippen molar-refractivity contribution in [1.29, 1.82) is 0 Å². The standard InChI is InChI=1S/C15H22N4O/c1-4-19(5-2)15(20)11-16-10-14-17-12-8-6-7-9-13(12)18(14)3/h6-9,16H,4-5,10-11H2,1-3H3. The van der Waals surface area contributed by atoms with Crippen LogP contribution in [0.2, 0.25) is 0 Å². The Morgan fingerprint density at radius 1 is 1.30 bits per heavy atom. The van der Waals surface area contributed by atoms with Gasteiger partial charge in [-0.3, -0.25) is 4.79 Å². The van der Waals surface area contributed by atoms with E-state index in [1.54, 1.807) is 0 Å². The molecule has 1 aromatic heterocycles. The number of imidazole rings is 1. The maximum atomic E-state index is 11.9. The van der Waals surface area contributed by atoms with Crippen LogP contribution in [0.3, 0.4) is 0 Å². The molecule has 0 aliphatic carbocycles. The lowest BCUT2D eigenvalue weighted by molar-refractivity contribution is -0.129. The second-order valence-corrected chi connectivity index (χ2v) is 4.75. The van der Waals surface area contributed by atoms with Gasteiger partial charge in [0.2, 0.25) is 5.91 Å². The van der Waals surface area contributed by atoms with Crippen molar-refractivity contribution in [3.63, 3.8) is 0 Å². The molecule has 0 saturated carbocycles. The number of carbonyl (C=O) groups is 1. The number of fused-ring (bicyclic) bond motifs is 1. The van der Waals surface area contributed by atoms with Gasteiger partial charge < -0.3 is 14.8 Å². The SMILES string of the molecule is CCN(CC)C(=O)CNCc1nc2ccccc2n1C. The molecule has 0 aliphatic heterocycles. The Bertz CT molecular complexity index is 587. The lowest BCUT2D eigenvalue weighted by Crippen LogP contribution is -2.37. The Labute approximate surface area is 119 Å². The van der Waals surface area contributed by atoms with Crippen LogP contribution in [0.15, 0.2) is 24.3 Å². The number of likely N-dealkylation sites (N-methyl/N-ethyl adjacent to an activating group) is 1. The first-order valence-electron chi connectivity index (χ1n) is 7.06. The zero-order chi connectivity index (χ0) is 14.5. The number of para-hydroxylation sites is 2. The number of nitrogens with zero attached hydrogens (tertiary/aromatic N) is 3. The Kier molecular flexibility index (Phi) is 4.74. The summed E-state index contributed by atoms with van der Waals surface area (Å²) < 4.78 is 2.06. The highest BCUT2D eigenvalue weighted by Crippen LogP contribution is 2.13. The van der Waals surface area contributed by atoms with E-state index in [-0.39, 0.29) is 5.91 Å². The maximum Gasteiger partial charge on any atom is 0.236 e. The van der Waals surface area contributed by atoms with Gasteiger partial charge in [-0.25, -0.2) is 4.98 Å². The van der Waals surface area contributed by atoms with Crippen LogP contribution in [0, 0.1) is 0 Å². The average molecular weight is 274 g/mol. The van der Waals surface area contributed by atoms with Crippen molar-refractivity contribution in [3.05, 3.63) is 30.1 Å². The minimum absolute atomic E-state index is 0.133. The summed E-state index contributed by atoms with van der Waals surface area (Å²) in [5.41, 5.74) is 2.10. The second-order valence-electron chi connectivity index (χ2n) is 4.75. The van der Waals surface area contributed by atoms with Crippen LogP contribution in [0.4, 0.5) is 0 Å². The van der Waals surface area contributed by atoms with Crippen LogP contribution in [-0.2, 0) is 18.4 Å². The van der Waals surface area contributed by atoms with Gasteiger partial charge in [-0.05, 0) is 26.0 Å². The van der Waals surface area contributed by atoms with Gasteiger partial charge in [-0.1, -0.05) is 12.1 Å². The number of amides is 1. The normalized spacial score (nSPS) is 10.9. The van der Waals surface area contributed by atoms with Crippen molar-refractivity contribution in [2.24, 2.45) is 7.05 Å². The van der Waals surface area contributed by atoms with Gasteiger partial charge in [0.25, 0.3) is 0 Å². The van der Waals surface area contributed by atoms with Gasteiger partial charge in [-0.2, -0.15) is 0 Å². The van der Waals surface area contributed by atoms with Crippen molar-refractivity contribution in [2.45, 2.75) is 20.4 Å². The first kappa shape index (κ1) is 14.5. The van der Waals surface area contributed by atoms with Crippen LogP contribution in [0.5, 0.6) is 0 Å². The topological polar surface area (TPSA) is 50.2 Å². The Morgan fingerprint density at radius 2 is 2.00 bits per heavy atom. The highest BCUT2D eigenvalue weighted by molar-refractivity contribution is 5.78. The molecular formula is C15H22N4O. The number of nitrogens with one attached hydrogen (secondary N) is 1. The molecule has 20 heavy (non-hydrogen) atoms. The van der Waals surface area contributed by atoms with E-state index in [9.17, 15) is 4.79 Å². The van der Waals surface area contributed by atoms with Crippen LogP contribution in [0.1, 0.15) is 19.7 Å². The molecule has 108 valence electrons. The molecule has 1 amide bonds. The molecule has 1 heterocycles. The molecule has 0 aliphatic rings. The molecule has 5 heteroatoms. The van der Waals surface area contributed by atoms with E-state index in [2.05, 4.69) is 14.9 Å². The first-order chi connectivity index (χ1) is 9.67. The highest BCUT2D eigenvalue weighted by atomic mass is 16.2. The average Bonchev–Trinajstić information content (AvgIpc) is 2.78. The molecule has 0 saturated heterocycles. The van der Waals surface area contributed by atoms with Crippen molar-refractivity contribution in [3.8, 4) is 0 Å². The summed E-state index contributed by atoms with van der Waals surface area (Å²) in [5.74, 6) is 1.08. The molecule has 0 spiro atoms. The summed E-state index contributed by atoms with van der Waals surface area (Å²) in [6.07, 6.45) is 0. The molecular weight excluding hydrogens is 252 g/mol. The van der Waals surface area contributed by atoms with Crippen molar-refractivity contribution in [2.75, 3.05) is 19.6 Å². The maximum absolute atomic E-state index is 11.9. The largest absolute Gasteiger partial charge is 0.342 e. The second kappa shape index (κ2) is 6.52. The monoisotopic (exact) mass is 274 g/mol. The number of carbonyl (C=O) groups excluding carboxylic acids is 1. The third kappa shape index (κ3) is 2.99. The molecule has 1 N–H and O–H groups in total. The summed E-state index contributed by atoms with van der Waals surface area (Å²) in [6, 6.07) is 8.04. The van der Waals surface area contributed by atoms with E-state index < -0.39 is 0 Å². The van der Waals surface area contributed by atoms with E-state index in [4.69, 9.17) is 0 Å². The Balaban J connectivity index is 1.96. The van der Waals surface area contributed by atoms with E-state index >= 15 is 0 Å². The molecule has 5 nitrogen and oxygen atoms in total. The van der Waals surface area contributed by atoms with Gasteiger partial charge in [-0.15, -0.1) is 0 Å². The number of hydrogen-bond acceptors (Lipinski definition) is 3. The summed E-state index contributed by atoms with van der Waals surface area (Å²) in [6.45, 7) is 6.44. The number of aryl methyl sites for hydroxylation is 1. The smallest absolute Gasteiger partial charge is 0.236 e. The fraction of sp³-hybridized carbons (Fsp3) is 0.467. The molecule has 2 aromatic rings. The minimum atomic E-state index is 0.133. The van der Waals surface area contributed by atoms with Gasteiger partial charge in [0, 0.05) is 20.1 Å². The van der Waals surface area contributed by atoms with Crippen LogP contribution < -0.4 is 5.32 Å². The predicted octanol–water partition coefficient (Wildman–Crippen LogP) is 1.53. The lowest BCUT2D eigenvalue weighted by Gasteiger charge is -2.18. The quantitative estimate of drug-likeness (QED) is 0.869. The van der Waals surface area contributed by atoms with Crippen LogP contribution in [-0.4, -0.2) is 40.0 Å². The molecule has 0 bridgehead atoms. The van der Waals surface area contributed by atoms with Crippen LogP contribution in [0.25, 0.3) is 11.0 Å². The van der Waals surface area contributed by atoms with Gasteiger partial charge >= 0.3 is 0 Å². The summed E-state index contributed by atoms with van der Waals surface area (Å²) in [7, 11) is 2.00. The van der Waals surface area contributed by atoms with E-state index in [0.717, 1.165) is 29.9 Å². The predicted molar refractivity (Wildman–Crippen MR) is 80.3 cm³/mol. The van der Waals surface area contributed by atoms with Crippen molar-refractivity contribution >= 4 is 16.9 Å². The number of rotatable bonds is 6. The Morgan fingerprint density at radius 3 is 2.65 bits per heavy atom. The van der Waals surface area contributed by atoms with E-state index in [1.807, 2.05) is 50.1 Å². The summed E-state index contributed by atoms with van der Waals surface area (Å²) in [4.78, 5) is 18.3. The molecule has 0 unspecified atom stereocenters. The molecule has 0 atom stereocenters. The first-order valence-corrected chi connectivity index (χ1v) is 7.06. The fourth-order valence-electron chi connectivity index (χ4n) is 2.32. The van der Waals surface area contributed by atoms with Crippen molar-refractivity contribution in [1.82, 2.24) is 19.8 Å². The fourth-order valence-corrected chi connectivity index (χ4v) is 2.32. The van der Waals surface area contributed by atoms with Gasteiger partial charge in [0.1, 0.15) is 5.82 Å². The zero-order valence-corrected chi connectivity index (χ0v) is 12.4. The molecule has 0 fully saturated rings. The Hall–Kier alpha value is -1.88. The number of benzene rings is 1. The summed E-state index contributed by atoms with van der Waals surface area (Å²) in [5, 5.41) is 3.18. The highest BCUT2D eigenvalue weighted by Gasteiger charge is 2.10. The molecule has 2 rings (SSSR count). The van der Waals surface area contributed by atoms with Gasteiger partial charge in [0.05, 0.1) is 24.1 Å². The van der Waals surface area contributed by atoms with Gasteiger partial charge in [0.15, 0.2) is 0 Å². The third-order valence-electron chi connectivity index (χ3n) is 3.56. The number of aromatic nitrogens is 2. The van der Waals surface area contributed by atoms with E-state index in [0.29, 0.717) is 13.1 Å². The van der Waals surface area contributed by atoms with E-state index in [1.165, 1.54) is 0 Å². The zero-order valence-electron chi connectivity index (χ0n) is 12.4. The minimum Gasteiger partial charge on any atom is -0.342 e. The lowest BCUT2D eigenvalue weighted by atomic mass is 10.3. The molecule has 0 radical (unpaired) electrons.